The molecule has 0 spiro atoms. The highest BCUT2D eigenvalue weighted by molar-refractivity contribution is 5.81. The summed E-state index contributed by atoms with van der Waals surface area (Å²) >= 11 is 0. The first-order chi connectivity index (χ1) is 10.3. The molecular formula is C16H16N4O. The van der Waals surface area contributed by atoms with Crippen LogP contribution in [-0.2, 0) is 7.05 Å². The van der Waals surface area contributed by atoms with E-state index in [1.54, 1.807) is 13.3 Å². The summed E-state index contributed by atoms with van der Waals surface area (Å²) in [7, 11) is 3.61. The lowest BCUT2D eigenvalue weighted by Gasteiger charge is -2.01. The predicted octanol–water partition coefficient (Wildman–Crippen LogP) is 3.03. The molecule has 106 valence electrons. The van der Waals surface area contributed by atoms with Gasteiger partial charge < -0.3 is 9.30 Å². The second kappa shape index (κ2) is 5.66. The number of ether oxygens (including phenoxy) is 1. The number of hydrogen-bond acceptors (Lipinski definition) is 4. The van der Waals surface area contributed by atoms with Crippen LogP contribution in [0.5, 0.6) is 5.75 Å². The number of rotatable bonds is 4. The monoisotopic (exact) mass is 280 g/mol. The lowest BCUT2D eigenvalue weighted by Crippen LogP contribution is -1.98. The fourth-order valence-corrected chi connectivity index (χ4v) is 2.10. The van der Waals surface area contributed by atoms with Crippen molar-refractivity contribution >= 4 is 23.2 Å². The van der Waals surface area contributed by atoms with Crippen molar-refractivity contribution < 1.29 is 4.74 Å². The van der Waals surface area contributed by atoms with Gasteiger partial charge in [0.1, 0.15) is 5.75 Å². The number of methoxy groups -OCH3 is 1. The Balaban J connectivity index is 1.76. The van der Waals surface area contributed by atoms with Crippen molar-refractivity contribution in [2.45, 2.75) is 0 Å². The quantitative estimate of drug-likeness (QED) is 0.590. The number of anilines is 1. The van der Waals surface area contributed by atoms with E-state index < -0.39 is 0 Å². The molecule has 0 aliphatic rings. The van der Waals surface area contributed by atoms with Crippen LogP contribution >= 0.6 is 0 Å². The van der Waals surface area contributed by atoms with E-state index in [1.807, 2.05) is 60.1 Å². The summed E-state index contributed by atoms with van der Waals surface area (Å²) in [4.78, 5) is 4.49. The normalized spacial score (nSPS) is 11.1. The van der Waals surface area contributed by atoms with E-state index in [2.05, 4.69) is 15.5 Å². The van der Waals surface area contributed by atoms with Gasteiger partial charge in [-0.05, 0) is 42.0 Å². The SMILES string of the molecule is COc1ccc(/C=N\Nc2nc3ccccc3n2C)cc1. The number of aryl methyl sites for hydroxylation is 1. The summed E-state index contributed by atoms with van der Waals surface area (Å²) in [6.07, 6.45) is 1.75. The summed E-state index contributed by atoms with van der Waals surface area (Å²) in [5.74, 6) is 1.54. The van der Waals surface area contributed by atoms with Gasteiger partial charge in [0.2, 0.25) is 5.95 Å². The highest BCUT2D eigenvalue weighted by atomic mass is 16.5. The van der Waals surface area contributed by atoms with Gasteiger partial charge in [-0.3, -0.25) is 0 Å². The molecule has 3 rings (SSSR count). The number of nitrogens with zero attached hydrogens (tertiary/aromatic N) is 3. The number of fused-ring (bicyclic) bond motifs is 1. The van der Waals surface area contributed by atoms with Gasteiger partial charge in [-0.15, -0.1) is 0 Å². The van der Waals surface area contributed by atoms with E-state index in [0.29, 0.717) is 5.95 Å². The Bertz CT molecular complexity index is 775. The molecule has 0 fully saturated rings. The Morgan fingerprint density at radius 1 is 1.14 bits per heavy atom. The lowest BCUT2D eigenvalue weighted by molar-refractivity contribution is 0.415. The molecule has 5 heteroatoms. The molecule has 5 nitrogen and oxygen atoms in total. The third kappa shape index (κ3) is 2.72. The number of hydrogen-bond donors (Lipinski definition) is 1. The number of aromatic nitrogens is 2. The molecule has 2 aromatic carbocycles. The molecule has 0 bridgehead atoms. The van der Waals surface area contributed by atoms with Gasteiger partial charge in [0.15, 0.2) is 0 Å². The molecule has 0 radical (unpaired) electrons. The molecule has 1 heterocycles. The number of imidazole rings is 1. The van der Waals surface area contributed by atoms with Gasteiger partial charge in [-0.1, -0.05) is 12.1 Å². The van der Waals surface area contributed by atoms with E-state index in [4.69, 9.17) is 4.74 Å². The van der Waals surface area contributed by atoms with Crippen molar-refractivity contribution in [3.05, 3.63) is 54.1 Å². The van der Waals surface area contributed by atoms with Crippen molar-refractivity contribution in [1.82, 2.24) is 9.55 Å². The van der Waals surface area contributed by atoms with Gasteiger partial charge >= 0.3 is 0 Å². The first kappa shape index (κ1) is 13.2. The Labute approximate surface area is 122 Å². The van der Waals surface area contributed by atoms with Crippen LogP contribution in [0.15, 0.2) is 53.6 Å². The Hall–Kier alpha value is -2.82. The standard InChI is InChI=1S/C16H16N4O/c1-20-15-6-4-3-5-14(15)18-16(20)19-17-11-12-7-9-13(21-2)10-8-12/h3-11H,1-2H3,(H,18,19)/b17-11-. The average molecular weight is 280 g/mol. The molecule has 0 saturated heterocycles. The van der Waals surface area contributed by atoms with Crippen LogP contribution in [0.3, 0.4) is 0 Å². The topological polar surface area (TPSA) is 51.4 Å². The smallest absolute Gasteiger partial charge is 0.224 e. The molecule has 0 unspecified atom stereocenters. The Kier molecular flexibility index (Phi) is 3.55. The van der Waals surface area contributed by atoms with Crippen LogP contribution in [0.4, 0.5) is 5.95 Å². The maximum absolute atomic E-state index is 5.12. The third-order valence-electron chi connectivity index (χ3n) is 3.28. The van der Waals surface area contributed by atoms with E-state index in [-0.39, 0.29) is 0 Å². The Morgan fingerprint density at radius 2 is 1.90 bits per heavy atom. The highest BCUT2D eigenvalue weighted by Gasteiger charge is 2.04. The van der Waals surface area contributed by atoms with E-state index in [1.165, 1.54) is 0 Å². The van der Waals surface area contributed by atoms with Crippen LogP contribution < -0.4 is 10.2 Å². The van der Waals surface area contributed by atoms with Crippen LogP contribution in [0.25, 0.3) is 11.0 Å². The van der Waals surface area contributed by atoms with Crippen molar-refractivity contribution in [3.63, 3.8) is 0 Å². The molecule has 3 aromatic rings. The lowest BCUT2D eigenvalue weighted by atomic mass is 10.2. The maximum atomic E-state index is 5.12. The molecule has 0 aliphatic carbocycles. The summed E-state index contributed by atoms with van der Waals surface area (Å²) in [6.45, 7) is 0. The number of para-hydroxylation sites is 2. The molecule has 0 amide bonds. The van der Waals surface area contributed by atoms with Gasteiger partial charge in [0.05, 0.1) is 24.4 Å². The zero-order valence-corrected chi connectivity index (χ0v) is 11.9. The van der Waals surface area contributed by atoms with Crippen LogP contribution in [0.1, 0.15) is 5.56 Å². The highest BCUT2D eigenvalue weighted by Crippen LogP contribution is 2.17. The first-order valence-electron chi connectivity index (χ1n) is 6.62. The zero-order valence-electron chi connectivity index (χ0n) is 11.9. The zero-order chi connectivity index (χ0) is 14.7. The first-order valence-corrected chi connectivity index (χ1v) is 6.62. The van der Waals surface area contributed by atoms with Crippen molar-refractivity contribution in [2.24, 2.45) is 12.1 Å². The summed E-state index contributed by atoms with van der Waals surface area (Å²) in [5.41, 5.74) is 5.97. The van der Waals surface area contributed by atoms with E-state index in [9.17, 15) is 0 Å². The summed E-state index contributed by atoms with van der Waals surface area (Å²) in [5, 5.41) is 4.22. The fraction of sp³-hybridized carbons (Fsp3) is 0.125. The third-order valence-corrected chi connectivity index (χ3v) is 3.28. The van der Waals surface area contributed by atoms with Gasteiger partial charge in [0, 0.05) is 7.05 Å². The molecule has 1 aromatic heterocycles. The van der Waals surface area contributed by atoms with E-state index in [0.717, 1.165) is 22.3 Å². The predicted molar refractivity (Wildman–Crippen MR) is 84.9 cm³/mol. The van der Waals surface area contributed by atoms with E-state index >= 15 is 0 Å². The minimum atomic E-state index is 0.709. The second-order valence-corrected chi connectivity index (χ2v) is 4.63. The molecule has 1 N–H and O–H groups in total. The fourth-order valence-electron chi connectivity index (χ4n) is 2.10. The number of benzene rings is 2. The Morgan fingerprint density at radius 3 is 2.62 bits per heavy atom. The number of hydrazone groups is 1. The van der Waals surface area contributed by atoms with Crippen LogP contribution in [0.2, 0.25) is 0 Å². The minimum Gasteiger partial charge on any atom is -0.497 e. The van der Waals surface area contributed by atoms with Gasteiger partial charge in [-0.2, -0.15) is 5.10 Å². The van der Waals surface area contributed by atoms with Gasteiger partial charge in [0.25, 0.3) is 0 Å². The van der Waals surface area contributed by atoms with Crippen molar-refractivity contribution in [2.75, 3.05) is 12.5 Å². The molecule has 0 aliphatic heterocycles. The second-order valence-electron chi connectivity index (χ2n) is 4.63. The minimum absolute atomic E-state index is 0.709. The van der Waals surface area contributed by atoms with Crippen molar-refractivity contribution in [3.8, 4) is 5.75 Å². The van der Waals surface area contributed by atoms with Crippen LogP contribution in [0, 0.1) is 0 Å². The summed E-state index contributed by atoms with van der Waals surface area (Å²) in [6, 6.07) is 15.7. The summed E-state index contributed by atoms with van der Waals surface area (Å²) < 4.78 is 7.09. The molecule has 21 heavy (non-hydrogen) atoms. The average Bonchev–Trinajstić information content (AvgIpc) is 2.85. The van der Waals surface area contributed by atoms with Crippen LogP contribution in [-0.4, -0.2) is 22.9 Å². The number of nitrogens with one attached hydrogen (secondary N) is 1. The maximum Gasteiger partial charge on any atom is 0.224 e. The molecular weight excluding hydrogens is 264 g/mol. The largest absolute Gasteiger partial charge is 0.497 e. The van der Waals surface area contributed by atoms with Crippen molar-refractivity contribution in [1.29, 1.82) is 0 Å². The molecule has 0 atom stereocenters. The van der Waals surface area contributed by atoms with Gasteiger partial charge in [-0.25, -0.2) is 10.4 Å². The molecule has 0 saturated carbocycles.